The van der Waals surface area contributed by atoms with Gasteiger partial charge in [0.15, 0.2) is 5.96 Å². The van der Waals surface area contributed by atoms with E-state index in [1.165, 1.54) is 13.2 Å². The third-order valence-corrected chi connectivity index (χ3v) is 4.02. The molecule has 0 radical (unpaired) electrons. The molecule has 24 heavy (non-hydrogen) atoms. The van der Waals surface area contributed by atoms with Crippen LogP contribution in [0.5, 0.6) is 0 Å². The Hall–Kier alpha value is -1.38. The van der Waals surface area contributed by atoms with Gasteiger partial charge in [0.05, 0.1) is 20.1 Å². The van der Waals surface area contributed by atoms with Gasteiger partial charge in [-0.05, 0) is 37.5 Å². The molecule has 5 nitrogen and oxygen atoms in total. The van der Waals surface area contributed by atoms with Gasteiger partial charge in [0.25, 0.3) is 0 Å². The molecule has 1 aliphatic carbocycles. The summed E-state index contributed by atoms with van der Waals surface area (Å²) in [5, 5.41) is 6.26. The molecule has 1 aromatic carbocycles. The molecule has 0 saturated heterocycles. The minimum atomic E-state index is -0.258. The van der Waals surface area contributed by atoms with Crippen molar-refractivity contribution in [2.75, 3.05) is 26.7 Å². The largest absolute Gasteiger partial charge is 0.469 e. The van der Waals surface area contributed by atoms with E-state index in [0.717, 1.165) is 24.9 Å². The van der Waals surface area contributed by atoms with Crippen molar-refractivity contribution in [3.63, 3.8) is 0 Å². The number of rotatable bonds is 7. The van der Waals surface area contributed by atoms with Crippen molar-refractivity contribution in [2.45, 2.75) is 31.6 Å². The number of carbonyl (C=O) groups is 1. The first-order valence-electron chi connectivity index (χ1n) is 7.95. The average Bonchev–Trinajstić information content (AvgIpc) is 3.33. The first-order valence-corrected chi connectivity index (χ1v) is 7.95. The number of aliphatic imine (C=N–C) groups is 1. The Morgan fingerprint density at radius 1 is 1.38 bits per heavy atom. The molecule has 2 N–H and O–H groups in total. The molecular formula is C17H25FIN3O2. The van der Waals surface area contributed by atoms with Crippen LogP contribution in [0.1, 0.15) is 31.7 Å². The summed E-state index contributed by atoms with van der Waals surface area (Å²) >= 11 is 0. The lowest BCUT2D eigenvalue weighted by Crippen LogP contribution is -2.39. The molecule has 0 heterocycles. The highest BCUT2D eigenvalue weighted by atomic mass is 127. The molecule has 0 amide bonds. The van der Waals surface area contributed by atoms with Crippen molar-refractivity contribution in [3.8, 4) is 0 Å². The Morgan fingerprint density at radius 2 is 2.12 bits per heavy atom. The highest BCUT2D eigenvalue weighted by molar-refractivity contribution is 14.0. The molecule has 2 rings (SSSR count). The van der Waals surface area contributed by atoms with Crippen LogP contribution in [-0.4, -0.2) is 38.7 Å². The Labute approximate surface area is 159 Å². The number of carbonyl (C=O) groups excluding carboxylic acids is 1. The van der Waals surface area contributed by atoms with Crippen LogP contribution < -0.4 is 10.6 Å². The minimum Gasteiger partial charge on any atom is -0.469 e. The molecule has 1 saturated carbocycles. The van der Waals surface area contributed by atoms with Crippen LogP contribution in [0.25, 0.3) is 0 Å². The van der Waals surface area contributed by atoms with Gasteiger partial charge in [0.1, 0.15) is 5.82 Å². The van der Waals surface area contributed by atoms with Crippen molar-refractivity contribution in [3.05, 3.63) is 35.6 Å². The first kappa shape index (κ1) is 20.7. The number of guanidine groups is 1. The van der Waals surface area contributed by atoms with Crippen molar-refractivity contribution in [2.24, 2.45) is 4.99 Å². The summed E-state index contributed by atoms with van der Waals surface area (Å²) in [5.41, 5.74) is 0.957. The van der Waals surface area contributed by atoms with Crippen LogP contribution in [0.15, 0.2) is 29.3 Å². The van der Waals surface area contributed by atoms with Crippen LogP contribution in [0, 0.1) is 5.82 Å². The lowest BCUT2D eigenvalue weighted by Gasteiger charge is -2.16. The summed E-state index contributed by atoms with van der Waals surface area (Å²) in [6.45, 7) is 3.78. The topological polar surface area (TPSA) is 62.7 Å². The van der Waals surface area contributed by atoms with Crippen molar-refractivity contribution in [1.29, 1.82) is 0 Å². The van der Waals surface area contributed by atoms with E-state index in [4.69, 9.17) is 0 Å². The van der Waals surface area contributed by atoms with E-state index in [9.17, 15) is 9.18 Å². The van der Waals surface area contributed by atoms with Crippen molar-refractivity contribution < 1.29 is 13.9 Å². The van der Waals surface area contributed by atoms with Crippen molar-refractivity contribution >= 4 is 35.9 Å². The van der Waals surface area contributed by atoms with Crippen LogP contribution in [-0.2, 0) is 14.9 Å². The van der Waals surface area contributed by atoms with Crippen LogP contribution in [0.2, 0.25) is 0 Å². The second kappa shape index (κ2) is 9.80. The number of esters is 1. The summed E-state index contributed by atoms with van der Waals surface area (Å²) in [5.74, 6) is 0.201. The second-order valence-corrected chi connectivity index (χ2v) is 5.74. The molecule has 0 spiro atoms. The standard InChI is InChI=1S/C17H24FN3O2.HI/c1-3-19-16(20-10-7-15(22)23-2)21-12-17(8-9-17)13-5-4-6-14(18)11-13;/h4-6,11H,3,7-10,12H2,1-2H3,(H2,19,20,21);1H. The lowest BCUT2D eigenvalue weighted by molar-refractivity contribution is -0.140. The molecule has 0 aliphatic heterocycles. The molecule has 0 atom stereocenters. The third-order valence-electron chi connectivity index (χ3n) is 4.02. The molecule has 0 bridgehead atoms. The van der Waals surface area contributed by atoms with E-state index in [0.29, 0.717) is 19.0 Å². The predicted octanol–water partition coefficient (Wildman–Crippen LogP) is 2.59. The fourth-order valence-corrected chi connectivity index (χ4v) is 2.46. The number of nitrogens with zero attached hydrogens (tertiary/aromatic N) is 1. The maximum absolute atomic E-state index is 13.4. The van der Waals surface area contributed by atoms with Gasteiger partial charge in [0, 0.05) is 18.5 Å². The van der Waals surface area contributed by atoms with E-state index < -0.39 is 0 Å². The number of hydrogen-bond acceptors (Lipinski definition) is 3. The maximum Gasteiger partial charge on any atom is 0.307 e. The van der Waals surface area contributed by atoms with Crippen molar-refractivity contribution in [1.82, 2.24) is 10.6 Å². The summed E-state index contributed by atoms with van der Waals surface area (Å²) in [6, 6.07) is 6.76. The summed E-state index contributed by atoms with van der Waals surface area (Å²) in [4.78, 5) is 15.7. The van der Waals surface area contributed by atoms with Gasteiger partial charge in [-0.2, -0.15) is 0 Å². The van der Waals surface area contributed by atoms with E-state index in [-0.39, 0.29) is 47.6 Å². The van der Waals surface area contributed by atoms with Gasteiger partial charge in [-0.15, -0.1) is 24.0 Å². The third kappa shape index (κ3) is 5.92. The fraction of sp³-hybridized carbons (Fsp3) is 0.529. The van der Waals surface area contributed by atoms with E-state index >= 15 is 0 Å². The Balaban J connectivity index is 0.00000288. The van der Waals surface area contributed by atoms with Crippen LogP contribution in [0.3, 0.4) is 0 Å². The molecule has 1 aromatic rings. The van der Waals surface area contributed by atoms with Gasteiger partial charge in [0.2, 0.25) is 0 Å². The maximum atomic E-state index is 13.4. The summed E-state index contributed by atoms with van der Waals surface area (Å²) in [7, 11) is 1.37. The first-order chi connectivity index (χ1) is 11.1. The van der Waals surface area contributed by atoms with Gasteiger partial charge in [-0.1, -0.05) is 12.1 Å². The van der Waals surface area contributed by atoms with E-state index in [1.54, 1.807) is 12.1 Å². The zero-order chi connectivity index (χ0) is 16.7. The predicted molar refractivity (Wildman–Crippen MR) is 103 cm³/mol. The number of nitrogens with one attached hydrogen (secondary N) is 2. The Kier molecular flexibility index (Phi) is 8.44. The SMILES string of the molecule is CCNC(=NCC1(c2cccc(F)c2)CC1)NCCC(=O)OC.I. The number of halogens is 2. The Bertz CT molecular complexity index is 577. The monoisotopic (exact) mass is 449 g/mol. The number of methoxy groups -OCH3 is 1. The molecule has 7 heteroatoms. The summed E-state index contributed by atoms with van der Waals surface area (Å²) in [6.07, 6.45) is 2.32. The molecular weight excluding hydrogens is 424 g/mol. The highest BCUT2D eigenvalue weighted by Crippen LogP contribution is 2.48. The second-order valence-electron chi connectivity index (χ2n) is 5.74. The Morgan fingerprint density at radius 3 is 2.71 bits per heavy atom. The van der Waals surface area contributed by atoms with Crippen LogP contribution in [0.4, 0.5) is 4.39 Å². The zero-order valence-electron chi connectivity index (χ0n) is 14.1. The van der Waals surface area contributed by atoms with Gasteiger partial charge >= 0.3 is 5.97 Å². The molecule has 0 aromatic heterocycles. The summed E-state index contributed by atoms with van der Waals surface area (Å²) < 4.78 is 18.0. The normalized spacial score (nSPS) is 15.2. The average molecular weight is 449 g/mol. The quantitative estimate of drug-likeness (QED) is 0.291. The van der Waals surface area contributed by atoms with Gasteiger partial charge in [-0.3, -0.25) is 9.79 Å². The molecule has 134 valence electrons. The molecule has 1 aliphatic rings. The van der Waals surface area contributed by atoms with Gasteiger partial charge in [-0.25, -0.2) is 4.39 Å². The number of ether oxygens (including phenoxy) is 1. The lowest BCUT2D eigenvalue weighted by atomic mass is 9.96. The fourth-order valence-electron chi connectivity index (χ4n) is 2.46. The smallest absolute Gasteiger partial charge is 0.307 e. The minimum absolute atomic E-state index is 0. The number of hydrogen-bond donors (Lipinski definition) is 2. The highest BCUT2D eigenvalue weighted by Gasteiger charge is 2.44. The zero-order valence-corrected chi connectivity index (χ0v) is 16.4. The number of benzene rings is 1. The van der Waals surface area contributed by atoms with E-state index in [2.05, 4.69) is 20.4 Å². The van der Waals surface area contributed by atoms with Gasteiger partial charge < -0.3 is 15.4 Å². The van der Waals surface area contributed by atoms with Crippen LogP contribution >= 0.6 is 24.0 Å². The van der Waals surface area contributed by atoms with E-state index in [1.807, 2.05) is 13.0 Å². The molecule has 0 unspecified atom stereocenters. The molecule has 1 fully saturated rings.